The Morgan fingerprint density at radius 2 is 2.15 bits per heavy atom. The van der Waals surface area contributed by atoms with Gasteiger partial charge < -0.3 is 4.74 Å². The van der Waals surface area contributed by atoms with E-state index in [9.17, 15) is 14.0 Å². The molecule has 0 unspecified atom stereocenters. The molecule has 104 valence electrons. The number of ether oxygens (including phenoxy) is 1. The lowest BCUT2D eigenvalue weighted by atomic mass is 10.2. The Labute approximate surface area is 118 Å². The van der Waals surface area contributed by atoms with Crippen LogP contribution in [0.3, 0.4) is 0 Å². The highest BCUT2D eigenvalue weighted by atomic mass is 35.5. The van der Waals surface area contributed by atoms with Gasteiger partial charge in [0.1, 0.15) is 5.82 Å². The summed E-state index contributed by atoms with van der Waals surface area (Å²) in [6.07, 6.45) is 0. The van der Waals surface area contributed by atoms with Gasteiger partial charge >= 0.3 is 5.97 Å². The molecule has 0 aromatic carbocycles. The second kappa shape index (κ2) is 5.42. The van der Waals surface area contributed by atoms with E-state index in [0.29, 0.717) is 0 Å². The van der Waals surface area contributed by atoms with Crippen LogP contribution < -0.4 is 5.56 Å². The van der Waals surface area contributed by atoms with E-state index in [2.05, 4.69) is 9.72 Å². The number of carbonyl (C=O) groups excluding carboxylic acids is 1. The number of aromatic nitrogens is 2. The van der Waals surface area contributed by atoms with Crippen LogP contribution >= 0.6 is 11.6 Å². The number of aryl methyl sites for hydroxylation is 1. The molecule has 0 atom stereocenters. The van der Waals surface area contributed by atoms with E-state index in [4.69, 9.17) is 11.6 Å². The van der Waals surface area contributed by atoms with Crippen LogP contribution in [0, 0.1) is 12.9 Å². The Kier molecular flexibility index (Phi) is 3.85. The van der Waals surface area contributed by atoms with Crippen molar-refractivity contribution < 1.29 is 13.9 Å². The minimum atomic E-state index is -0.772. The number of carbonyl (C=O) groups is 1. The summed E-state index contributed by atoms with van der Waals surface area (Å²) in [7, 11) is 1.22. The van der Waals surface area contributed by atoms with Crippen LogP contribution in [0.2, 0.25) is 5.02 Å². The van der Waals surface area contributed by atoms with Gasteiger partial charge in [-0.25, -0.2) is 14.3 Å². The van der Waals surface area contributed by atoms with Gasteiger partial charge in [-0.15, -0.1) is 0 Å². The molecule has 2 aromatic heterocycles. The molecule has 20 heavy (non-hydrogen) atoms. The van der Waals surface area contributed by atoms with Crippen LogP contribution in [-0.2, 0) is 4.74 Å². The van der Waals surface area contributed by atoms with Crippen LogP contribution in [-0.4, -0.2) is 22.6 Å². The van der Waals surface area contributed by atoms with Crippen molar-refractivity contribution in [2.24, 2.45) is 0 Å². The molecule has 2 heterocycles. The van der Waals surface area contributed by atoms with Crippen molar-refractivity contribution in [1.29, 1.82) is 0 Å². The van der Waals surface area contributed by atoms with Gasteiger partial charge in [-0.3, -0.25) is 4.79 Å². The van der Waals surface area contributed by atoms with E-state index < -0.39 is 17.5 Å². The topological polar surface area (TPSA) is 61.2 Å². The van der Waals surface area contributed by atoms with Crippen LogP contribution in [0.15, 0.2) is 29.1 Å². The summed E-state index contributed by atoms with van der Waals surface area (Å²) in [5.41, 5.74) is -0.254. The fourth-order valence-corrected chi connectivity index (χ4v) is 2.08. The first-order valence-electron chi connectivity index (χ1n) is 5.59. The van der Waals surface area contributed by atoms with E-state index in [0.717, 1.165) is 10.6 Å². The Hall–Kier alpha value is -2.21. The molecule has 0 amide bonds. The van der Waals surface area contributed by atoms with E-state index in [1.807, 2.05) is 0 Å². The van der Waals surface area contributed by atoms with E-state index in [-0.39, 0.29) is 22.1 Å². The van der Waals surface area contributed by atoms with Crippen molar-refractivity contribution in [2.75, 3.05) is 7.11 Å². The molecule has 0 radical (unpaired) electrons. The molecule has 0 N–H and O–H groups in total. The third kappa shape index (κ3) is 2.42. The van der Waals surface area contributed by atoms with Gasteiger partial charge in [0.05, 0.1) is 23.4 Å². The minimum absolute atomic E-state index is 0.00301. The van der Waals surface area contributed by atoms with Gasteiger partial charge in [-0.1, -0.05) is 17.7 Å². The quantitative estimate of drug-likeness (QED) is 0.629. The van der Waals surface area contributed by atoms with Crippen LogP contribution in [0.5, 0.6) is 0 Å². The monoisotopic (exact) mass is 296 g/mol. The van der Waals surface area contributed by atoms with Crippen molar-refractivity contribution in [3.8, 4) is 5.82 Å². The average molecular weight is 297 g/mol. The fourth-order valence-electron chi connectivity index (χ4n) is 1.77. The molecular weight excluding hydrogens is 287 g/mol. The molecule has 0 bridgehead atoms. The summed E-state index contributed by atoms with van der Waals surface area (Å²) in [6.45, 7) is 1.52. The zero-order chi connectivity index (χ0) is 14.9. The summed E-state index contributed by atoms with van der Waals surface area (Å²) < 4.78 is 19.1. The Morgan fingerprint density at radius 3 is 2.70 bits per heavy atom. The van der Waals surface area contributed by atoms with Gasteiger partial charge in [0.2, 0.25) is 5.95 Å². The molecule has 0 aliphatic heterocycles. The van der Waals surface area contributed by atoms with Crippen molar-refractivity contribution in [1.82, 2.24) is 9.55 Å². The van der Waals surface area contributed by atoms with Crippen LogP contribution in [0.1, 0.15) is 16.1 Å². The zero-order valence-corrected chi connectivity index (χ0v) is 11.4. The molecule has 0 spiro atoms. The summed E-state index contributed by atoms with van der Waals surface area (Å²) in [5.74, 6) is -1.41. The van der Waals surface area contributed by atoms with Crippen LogP contribution in [0.4, 0.5) is 4.39 Å². The number of esters is 1. The van der Waals surface area contributed by atoms with Gasteiger partial charge in [0.25, 0.3) is 5.56 Å². The Balaban J connectivity index is 2.68. The van der Waals surface area contributed by atoms with Gasteiger partial charge in [-0.05, 0) is 13.0 Å². The van der Waals surface area contributed by atoms with Crippen molar-refractivity contribution >= 4 is 17.6 Å². The maximum atomic E-state index is 13.7. The molecule has 0 fully saturated rings. The number of nitrogens with zero attached hydrogens (tertiary/aromatic N) is 2. The van der Waals surface area contributed by atoms with Crippen LogP contribution in [0.25, 0.3) is 5.82 Å². The number of methoxy groups -OCH3 is 1. The summed E-state index contributed by atoms with van der Waals surface area (Å²) in [6, 6.07) is 4.86. The van der Waals surface area contributed by atoms with Crippen molar-refractivity contribution in [3.05, 3.63) is 56.8 Å². The smallest absolute Gasteiger partial charge is 0.341 e. The lowest BCUT2D eigenvalue weighted by Crippen LogP contribution is -2.21. The average Bonchev–Trinajstić information content (AvgIpc) is 2.37. The summed E-state index contributed by atoms with van der Waals surface area (Å²) in [4.78, 5) is 27.3. The van der Waals surface area contributed by atoms with E-state index in [1.165, 1.54) is 32.2 Å². The molecule has 0 aliphatic carbocycles. The van der Waals surface area contributed by atoms with E-state index in [1.54, 1.807) is 0 Å². The molecule has 2 rings (SSSR count). The molecule has 0 saturated heterocycles. The number of halogens is 2. The van der Waals surface area contributed by atoms with Crippen molar-refractivity contribution in [3.63, 3.8) is 0 Å². The van der Waals surface area contributed by atoms with Gasteiger partial charge in [0.15, 0.2) is 0 Å². The first-order valence-corrected chi connectivity index (χ1v) is 5.97. The molecule has 0 saturated carbocycles. The van der Waals surface area contributed by atoms with Gasteiger partial charge in [-0.2, -0.15) is 4.39 Å². The highest BCUT2D eigenvalue weighted by Gasteiger charge is 2.18. The predicted molar refractivity (Wildman–Crippen MR) is 70.9 cm³/mol. The SMILES string of the molecule is COC(=O)c1c(Cl)cc(-n2c(F)cccc2=O)nc1C. The third-order valence-electron chi connectivity index (χ3n) is 2.66. The molecule has 5 nitrogen and oxygen atoms in total. The summed E-state index contributed by atoms with van der Waals surface area (Å²) in [5, 5.41) is 0.0366. The fraction of sp³-hybridized carbons (Fsp3) is 0.154. The molecule has 7 heteroatoms. The van der Waals surface area contributed by atoms with Gasteiger partial charge in [0, 0.05) is 12.1 Å². The number of hydrogen-bond acceptors (Lipinski definition) is 4. The Bertz CT molecular complexity index is 720. The predicted octanol–water partition coefficient (Wildman–Crippen LogP) is 2.12. The zero-order valence-electron chi connectivity index (χ0n) is 10.7. The number of hydrogen-bond donors (Lipinski definition) is 0. The normalized spacial score (nSPS) is 10.4. The lowest BCUT2D eigenvalue weighted by molar-refractivity contribution is 0.0599. The first-order chi connectivity index (χ1) is 9.45. The molecule has 2 aromatic rings. The Morgan fingerprint density at radius 1 is 1.45 bits per heavy atom. The minimum Gasteiger partial charge on any atom is -0.465 e. The van der Waals surface area contributed by atoms with E-state index >= 15 is 0 Å². The molecular formula is C13H10ClFN2O3. The number of pyridine rings is 2. The largest absolute Gasteiger partial charge is 0.465 e. The highest BCUT2D eigenvalue weighted by Crippen LogP contribution is 2.22. The maximum Gasteiger partial charge on any atom is 0.341 e. The maximum absolute atomic E-state index is 13.7. The second-order valence-electron chi connectivity index (χ2n) is 3.94. The lowest BCUT2D eigenvalue weighted by Gasteiger charge is -2.10. The molecule has 0 aliphatic rings. The first kappa shape index (κ1) is 14.2. The standard InChI is InChI=1S/C13H10ClFN2O3/c1-7-12(13(19)20-2)8(14)6-10(16-7)17-9(15)4-3-5-11(17)18/h3-6H,1-2H3. The third-order valence-corrected chi connectivity index (χ3v) is 2.96. The number of rotatable bonds is 2. The summed E-state index contributed by atoms with van der Waals surface area (Å²) >= 11 is 5.98. The van der Waals surface area contributed by atoms with Crippen molar-refractivity contribution in [2.45, 2.75) is 6.92 Å². The highest BCUT2D eigenvalue weighted by molar-refractivity contribution is 6.33. The second-order valence-corrected chi connectivity index (χ2v) is 4.34.